The van der Waals surface area contributed by atoms with Crippen LogP contribution in [0.3, 0.4) is 0 Å². The summed E-state index contributed by atoms with van der Waals surface area (Å²) in [5.41, 5.74) is 0. The average molecular weight is 245 g/mol. The molecule has 0 aromatic carbocycles. The van der Waals surface area contributed by atoms with Crippen LogP contribution in [0, 0.1) is 0 Å². The molecule has 0 aliphatic heterocycles. The first kappa shape index (κ1) is 10.4. The SMILES string of the molecule is CN(C)CCNc1ncc(Br)cn1. The second-order valence-corrected chi connectivity index (χ2v) is 3.87. The zero-order valence-corrected chi connectivity index (χ0v) is 9.37. The molecule has 72 valence electrons. The van der Waals surface area contributed by atoms with E-state index in [-0.39, 0.29) is 0 Å². The minimum atomic E-state index is 0.671. The number of likely N-dealkylation sites (N-methyl/N-ethyl adjacent to an activating group) is 1. The highest BCUT2D eigenvalue weighted by atomic mass is 79.9. The fraction of sp³-hybridized carbons (Fsp3) is 0.500. The molecule has 0 spiro atoms. The Balaban J connectivity index is 2.33. The lowest BCUT2D eigenvalue weighted by Crippen LogP contribution is -2.21. The minimum Gasteiger partial charge on any atom is -0.353 e. The summed E-state index contributed by atoms with van der Waals surface area (Å²) in [6.45, 7) is 1.83. The van der Waals surface area contributed by atoms with Crippen LogP contribution in [0.1, 0.15) is 0 Å². The number of anilines is 1. The van der Waals surface area contributed by atoms with E-state index >= 15 is 0 Å². The van der Waals surface area contributed by atoms with Crippen molar-refractivity contribution in [1.29, 1.82) is 0 Å². The monoisotopic (exact) mass is 244 g/mol. The van der Waals surface area contributed by atoms with Gasteiger partial charge in [-0.05, 0) is 30.0 Å². The maximum atomic E-state index is 4.09. The smallest absolute Gasteiger partial charge is 0.222 e. The average Bonchev–Trinajstić information content (AvgIpc) is 2.08. The molecular formula is C8H13BrN4. The van der Waals surface area contributed by atoms with Crippen LogP contribution in [0.2, 0.25) is 0 Å². The van der Waals surface area contributed by atoms with Crippen molar-refractivity contribution in [1.82, 2.24) is 14.9 Å². The third-order valence-electron chi connectivity index (χ3n) is 1.46. The van der Waals surface area contributed by atoms with E-state index in [9.17, 15) is 0 Å². The fourth-order valence-electron chi connectivity index (χ4n) is 0.795. The molecule has 0 bridgehead atoms. The molecule has 1 aromatic rings. The van der Waals surface area contributed by atoms with Crippen LogP contribution in [-0.4, -0.2) is 42.1 Å². The Morgan fingerprint density at radius 2 is 2.00 bits per heavy atom. The van der Waals surface area contributed by atoms with Gasteiger partial charge in [-0.2, -0.15) is 0 Å². The molecule has 0 unspecified atom stereocenters. The van der Waals surface area contributed by atoms with E-state index < -0.39 is 0 Å². The Labute approximate surface area is 86.5 Å². The van der Waals surface area contributed by atoms with Crippen LogP contribution in [-0.2, 0) is 0 Å². The number of nitrogens with one attached hydrogen (secondary N) is 1. The van der Waals surface area contributed by atoms with Crippen molar-refractivity contribution in [2.24, 2.45) is 0 Å². The van der Waals surface area contributed by atoms with E-state index in [0.29, 0.717) is 5.95 Å². The Bertz CT molecular complexity index is 247. The van der Waals surface area contributed by atoms with Crippen molar-refractivity contribution >= 4 is 21.9 Å². The van der Waals surface area contributed by atoms with Crippen LogP contribution in [0.4, 0.5) is 5.95 Å². The van der Waals surface area contributed by atoms with Crippen LogP contribution < -0.4 is 5.32 Å². The lowest BCUT2D eigenvalue weighted by atomic mass is 10.6. The molecule has 1 rings (SSSR count). The highest BCUT2D eigenvalue weighted by Crippen LogP contribution is 2.06. The summed E-state index contributed by atoms with van der Waals surface area (Å²) < 4.78 is 0.894. The minimum absolute atomic E-state index is 0.671. The summed E-state index contributed by atoms with van der Waals surface area (Å²) in [6, 6.07) is 0. The number of rotatable bonds is 4. The van der Waals surface area contributed by atoms with Crippen LogP contribution in [0.15, 0.2) is 16.9 Å². The third kappa shape index (κ3) is 4.19. The molecular weight excluding hydrogens is 232 g/mol. The Morgan fingerprint density at radius 3 is 2.54 bits per heavy atom. The van der Waals surface area contributed by atoms with Gasteiger partial charge in [-0.1, -0.05) is 0 Å². The topological polar surface area (TPSA) is 41.0 Å². The fourth-order valence-corrected chi connectivity index (χ4v) is 1.000. The molecule has 1 N–H and O–H groups in total. The van der Waals surface area contributed by atoms with Gasteiger partial charge in [0, 0.05) is 25.5 Å². The van der Waals surface area contributed by atoms with Gasteiger partial charge in [-0.15, -0.1) is 0 Å². The summed E-state index contributed by atoms with van der Waals surface area (Å²) in [6.07, 6.45) is 3.45. The van der Waals surface area contributed by atoms with Crippen molar-refractivity contribution in [3.63, 3.8) is 0 Å². The van der Waals surface area contributed by atoms with E-state index in [1.165, 1.54) is 0 Å². The molecule has 1 aromatic heterocycles. The van der Waals surface area contributed by atoms with E-state index in [4.69, 9.17) is 0 Å². The third-order valence-corrected chi connectivity index (χ3v) is 1.87. The summed E-state index contributed by atoms with van der Waals surface area (Å²) >= 11 is 3.28. The first-order valence-corrected chi connectivity index (χ1v) is 4.84. The summed E-state index contributed by atoms with van der Waals surface area (Å²) in [5, 5.41) is 3.12. The van der Waals surface area contributed by atoms with Gasteiger partial charge < -0.3 is 10.2 Å². The number of aromatic nitrogens is 2. The van der Waals surface area contributed by atoms with Crippen molar-refractivity contribution < 1.29 is 0 Å². The summed E-state index contributed by atoms with van der Waals surface area (Å²) in [7, 11) is 4.06. The summed E-state index contributed by atoms with van der Waals surface area (Å²) in [4.78, 5) is 10.3. The molecule has 13 heavy (non-hydrogen) atoms. The maximum absolute atomic E-state index is 4.09. The predicted octanol–water partition coefficient (Wildman–Crippen LogP) is 1.21. The first-order chi connectivity index (χ1) is 6.18. The van der Waals surface area contributed by atoms with Gasteiger partial charge >= 0.3 is 0 Å². The predicted molar refractivity (Wildman–Crippen MR) is 56.8 cm³/mol. The van der Waals surface area contributed by atoms with Gasteiger partial charge in [0.05, 0.1) is 4.47 Å². The van der Waals surface area contributed by atoms with Gasteiger partial charge in [-0.25, -0.2) is 9.97 Å². The van der Waals surface area contributed by atoms with Crippen LogP contribution in [0.25, 0.3) is 0 Å². The first-order valence-electron chi connectivity index (χ1n) is 4.04. The van der Waals surface area contributed by atoms with Gasteiger partial charge in [0.25, 0.3) is 0 Å². The zero-order valence-electron chi connectivity index (χ0n) is 7.79. The number of hydrogen-bond acceptors (Lipinski definition) is 4. The highest BCUT2D eigenvalue weighted by Gasteiger charge is 1.94. The molecule has 0 aliphatic rings. The van der Waals surface area contributed by atoms with E-state index in [2.05, 4.69) is 36.1 Å². The van der Waals surface area contributed by atoms with Crippen molar-refractivity contribution in [2.45, 2.75) is 0 Å². The number of hydrogen-bond donors (Lipinski definition) is 1. The zero-order chi connectivity index (χ0) is 9.68. The molecule has 0 radical (unpaired) electrons. The molecule has 0 fully saturated rings. The van der Waals surface area contributed by atoms with Crippen LogP contribution in [0.5, 0.6) is 0 Å². The Hall–Kier alpha value is -0.680. The van der Waals surface area contributed by atoms with Gasteiger partial charge in [0.1, 0.15) is 0 Å². The van der Waals surface area contributed by atoms with E-state index in [0.717, 1.165) is 17.6 Å². The highest BCUT2D eigenvalue weighted by molar-refractivity contribution is 9.10. The molecule has 4 nitrogen and oxygen atoms in total. The molecule has 0 saturated carbocycles. The Kier molecular flexibility index (Phi) is 4.11. The quantitative estimate of drug-likeness (QED) is 0.865. The summed E-state index contributed by atoms with van der Waals surface area (Å²) in [5.74, 6) is 0.671. The second kappa shape index (κ2) is 5.14. The molecule has 0 atom stereocenters. The largest absolute Gasteiger partial charge is 0.353 e. The lowest BCUT2D eigenvalue weighted by molar-refractivity contribution is 0.425. The van der Waals surface area contributed by atoms with E-state index in [1.807, 2.05) is 14.1 Å². The number of halogens is 1. The van der Waals surface area contributed by atoms with Crippen molar-refractivity contribution in [2.75, 3.05) is 32.5 Å². The molecule has 5 heteroatoms. The molecule has 0 amide bonds. The molecule has 1 heterocycles. The van der Waals surface area contributed by atoms with Gasteiger partial charge in [0.2, 0.25) is 5.95 Å². The molecule has 0 saturated heterocycles. The second-order valence-electron chi connectivity index (χ2n) is 2.95. The van der Waals surface area contributed by atoms with Crippen molar-refractivity contribution in [3.05, 3.63) is 16.9 Å². The van der Waals surface area contributed by atoms with Crippen molar-refractivity contribution in [3.8, 4) is 0 Å². The lowest BCUT2D eigenvalue weighted by Gasteiger charge is -2.09. The normalized spacial score (nSPS) is 10.5. The number of nitrogens with zero attached hydrogens (tertiary/aromatic N) is 3. The van der Waals surface area contributed by atoms with Gasteiger partial charge in [-0.3, -0.25) is 0 Å². The van der Waals surface area contributed by atoms with Crippen LogP contribution >= 0.6 is 15.9 Å². The standard InChI is InChI=1S/C8H13BrN4/c1-13(2)4-3-10-8-11-5-7(9)6-12-8/h5-6H,3-4H2,1-2H3,(H,10,11,12). The van der Waals surface area contributed by atoms with E-state index in [1.54, 1.807) is 12.4 Å². The van der Waals surface area contributed by atoms with Gasteiger partial charge in [0.15, 0.2) is 0 Å². The Morgan fingerprint density at radius 1 is 1.38 bits per heavy atom. The molecule has 0 aliphatic carbocycles. The maximum Gasteiger partial charge on any atom is 0.222 e.